The summed E-state index contributed by atoms with van der Waals surface area (Å²) in [7, 11) is 0. The molecular weight excluding hydrogens is 597 g/mol. The molecule has 19 heavy (non-hydrogen) atoms. The van der Waals surface area contributed by atoms with Gasteiger partial charge in [-0.2, -0.15) is 0 Å². The van der Waals surface area contributed by atoms with Crippen molar-refractivity contribution < 1.29 is 18.7 Å². The molecule has 0 aromatic heterocycles. The van der Waals surface area contributed by atoms with Crippen molar-refractivity contribution >= 4 is 73.7 Å². The zero-order valence-electron chi connectivity index (χ0n) is 9.55. The van der Waals surface area contributed by atoms with Crippen LogP contribution in [0.1, 0.15) is 10.4 Å². The van der Waals surface area contributed by atoms with Crippen LogP contribution in [0.3, 0.4) is 0 Å². The number of hydrogen-bond donors (Lipinski definition) is 1. The number of alkyl halides is 2. The molecule has 0 bridgehead atoms. The lowest BCUT2D eigenvalue weighted by atomic mass is 10.2. The third-order valence-corrected chi connectivity index (χ3v) is 5.91. The molecule has 8 heteroatoms. The first kappa shape index (κ1) is 17.8. The number of nitrogens with zero attached hydrogens (tertiary/aromatic N) is 1. The highest BCUT2D eigenvalue weighted by Crippen LogP contribution is 2.24. The van der Waals surface area contributed by atoms with Crippen LogP contribution in [0.25, 0.3) is 0 Å². The number of rotatable bonds is 5. The zero-order valence-corrected chi connectivity index (χ0v) is 16.0. The van der Waals surface area contributed by atoms with E-state index in [9.17, 15) is 13.6 Å². The van der Waals surface area contributed by atoms with Gasteiger partial charge in [-0.15, -0.1) is 0 Å². The molecule has 1 aromatic carbocycles. The van der Waals surface area contributed by atoms with Crippen LogP contribution in [-0.2, 0) is 0 Å². The number of amides is 1. The SMILES string of the molecule is O=C(c1cc(I)cc(I)c1I)N(CCO)CC(F)F. The summed E-state index contributed by atoms with van der Waals surface area (Å²) in [6.45, 7) is -1.10. The van der Waals surface area contributed by atoms with Crippen molar-refractivity contribution in [3.8, 4) is 0 Å². The van der Waals surface area contributed by atoms with Gasteiger partial charge in [0.25, 0.3) is 12.3 Å². The molecule has 1 rings (SSSR count). The van der Waals surface area contributed by atoms with E-state index in [0.717, 1.165) is 15.6 Å². The van der Waals surface area contributed by atoms with E-state index in [2.05, 4.69) is 45.2 Å². The summed E-state index contributed by atoms with van der Waals surface area (Å²) in [5, 5.41) is 8.88. The van der Waals surface area contributed by atoms with E-state index in [1.54, 1.807) is 6.07 Å². The largest absolute Gasteiger partial charge is 0.395 e. The van der Waals surface area contributed by atoms with E-state index in [-0.39, 0.29) is 13.2 Å². The highest BCUT2D eigenvalue weighted by Gasteiger charge is 2.22. The maximum atomic E-state index is 12.5. The van der Waals surface area contributed by atoms with Gasteiger partial charge in [0.15, 0.2) is 0 Å². The summed E-state index contributed by atoms with van der Waals surface area (Å²) in [5.74, 6) is -0.477. The number of hydrogen-bond acceptors (Lipinski definition) is 2. The molecule has 0 atom stereocenters. The number of aliphatic hydroxyl groups is 1. The Hall–Kier alpha value is 0.700. The van der Waals surface area contributed by atoms with Crippen molar-refractivity contribution in [2.45, 2.75) is 6.43 Å². The first-order valence-corrected chi connectivity index (χ1v) is 8.43. The van der Waals surface area contributed by atoms with Crippen LogP contribution in [0.4, 0.5) is 8.78 Å². The minimum absolute atomic E-state index is 0.0959. The Morgan fingerprint density at radius 2 is 1.95 bits per heavy atom. The highest BCUT2D eigenvalue weighted by atomic mass is 127. The Labute approximate surface area is 150 Å². The Morgan fingerprint density at radius 1 is 1.32 bits per heavy atom. The van der Waals surface area contributed by atoms with Gasteiger partial charge in [0.05, 0.1) is 18.7 Å². The Bertz CT molecular complexity index is 471. The van der Waals surface area contributed by atoms with E-state index < -0.39 is 18.9 Å². The normalized spacial score (nSPS) is 10.9. The van der Waals surface area contributed by atoms with Crippen molar-refractivity contribution in [3.63, 3.8) is 0 Å². The van der Waals surface area contributed by atoms with Crippen LogP contribution >= 0.6 is 67.8 Å². The first-order valence-electron chi connectivity index (χ1n) is 5.19. The van der Waals surface area contributed by atoms with Gasteiger partial charge < -0.3 is 10.0 Å². The molecular formula is C11H10F2I3NO2. The molecule has 0 spiro atoms. The van der Waals surface area contributed by atoms with Crippen LogP contribution in [0, 0.1) is 10.7 Å². The molecule has 1 amide bonds. The number of halogens is 5. The van der Waals surface area contributed by atoms with Gasteiger partial charge in [0.2, 0.25) is 0 Å². The lowest BCUT2D eigenvalue weighted by Crippen LogP contribution is -2.37. The van der Waals surface area contributed by atoms with Crippen LogP contribution in [0.15, 0.2) is 12.1 Å². The molecule has 0 saturated carbocycles. The first-order chi connectivity index (χ1) is 8.86. The van der Waals surface area contributed by atoms with Gasteiger partial charge in [-0.3, -0.25) is 4.79 Å². The molecule has 106 valence electrons. The van der Waals surface area contributed by atoms with Crippen molar-refractivity contribution in [3.05, 3.63) is 28.4 Å². The Balaban J connectivity index is 3.08. The maximum absolute atomic E-state index is 12.5. The second kappa shape index (κ2) is 8.22. The third kappa shape index (κ3) is 5.19. The summed E-state index contributed by atoms with van der Waals surface area (Å²) >= 11 is 6.20. The summed E-state index contributed by atoms with van der Waals surface area (Å²) in [5.41, 5.74) is 0.394. The standard InChI is InChI=1S/C11H10F2I3NO2/c12-9(13)5-17(1-2-18)11(19)7-3-6(14)4-8(15)10(7)16/h3-4,9,18H,1-2,5H2. The lowest BCUT2D eigenvalue weighted by Gasteiger charge is -2.22. The molecule has 0 aliphatic heterocycles. The molecule has 1 N–H and O–H groups in total. The summed E-state index contributed by atoms with van der Waals surface area (Å²) < 4.78 is 27.4. The van der Waals surface area contributed by atoms with Crippen molar-refractivity contribution in [1.82, 2.24) is 4.90 Å². The van der Waals surface area contributed by atoms with Gasteiger partial charge >= 0.3 is 0 Å². The smallest absolute Gasteiger partial charge is 0.255 e. The highest BCUT2D eigenvalue weighted by molar-refractivity contribution is 14.1. The Kier molecular flexibility index (Phi) is 7.68. The predicted molar refractivity (Wildman–Crippen MR) is 93.6 cm³/mol. The van der Waals surface area contributed by atoms with Gasteiger partial charge in [0.1, 0.15) is 0 Å². The maximum Gasteiger partial charge on any atom is 0.255 e. The van der Waals surface area contributed by atoms with Crippen LogP contribution in [-0.4, -0.2) is 42.0 Å². The number of benzene rings is 1. The summed E-state index contributed by atoms with van der Waals surface area (Å²) in [6, 6.07) is 3.58. The van der Waals surface area contributed by atoms with Gasteiger partial charge in [0, 0.05) is 17.3 Å². The molecule has 3 nitrogen and oxygen atoms in total. The number of carbonyl (C=O) groups is 1. The van der Waals surface area contributed by atoms with E-state index in [4.69, 9.17) is 5.11 Å². The van der Waals surface area contributed by atoms with E-state index in [1.807, 2.05) is 28.7 Å². The topological polar surface area (TPSA) is 40.5 Å². The molecule has 0 radical (unpaired) electrons. The van der Waals surface area contributed by atoms with E-state index in [0.29, 0.717) is 5.56 Å². The predicted octanol–water partition coefficient (Wildman–Crippen LogP) is 3.20. The average molecular weight is 607 g/mol. The van der Waals surface area contributed by atoms with E-state index in [1.165, 1.54) is 0 Å². The summed E-state index contributed by atoms with van der Waals surface area (Å²) in [4.78, 5) is 13.2. The van der Waals surface area contributed by atoms with Gasteiger partial charge in [-0.25, -0.2) is 8.78 Å². The molecule has 0 unspecified atom stereocenters. The van der Waals surface area contributed by atoms with Crippen molar-refractivity contribution in [2.24, 2.45) is 0 Å². The van der Waals surface area contributed by atoms with Gasteiger partial charge in [-0.1, -0.05) is 0 Å². The molecule has 0 heterocycles. The van der Waals surface area contributed by atoms with E-state index >= 15 is 0 Å². The second-order valence-electron chi connectivity index (χ2n) is 3.62. The van der Waals surface area contributed by atoms with Gasteiger partial charge in [-0.05, 0) is 79.9 Å². The van der Waals surface area contributed by atoms with Crippen LogP contribution in [0.5, 0.6) is 0 Å². The monoisotopic (exact) mass is 607 g/mol. The van der Waals surface area contributed by atoms with Crippen LogP contribution < -0.4 is 0 Å². The average Bonchev–Trinajstić information content (AvgIpc) is 2.32. The lowest BCUT2D eigenvalue weighted by molar-refractivity contribution is 0.0508. The molecule has 1 aromatic rings. The molecule has 0 fully saturated rings. The second-order valence-corrected chi connectivity index (χ2v) is 7.10. The minimum atomic E-state index is -2.62. The Morgan fingerprint density at radius 3 is 2.47 bits per heavy atom. The fraction of sp³-hybridized carbons (Fsp3) is 0.364. The quantitative estimate of drug-likeness (QED) is 0.413. The number of carbonyl (C=O) groups excluding carboxylic acids is 1. The summed E-state index contributed by atoms with van der Waals surface area (Å²) in [6.07, 6.45) is -2.62. The fourth-order valence-electron chi connectivity index (χ4n) is 1.45. The molecule has 0 aliphatic carbocycles. The molecule has 0 saturated heterocycles. The van der Waals surface area contributed by atoms with Crippen LogP contribution in [0.2, 0.25) is 0 Å². The third-order valence-electron chi connectivity index (χ3n) is 2.24. The fourth-order valence-corrected chi connectivity index (χ4v) is 3.83. The van der Waals surface area contributed by atoms with Crippen molar-refractivity contribution in [1.29, 1.82) is 0 Å². The van der Waals surface area contributed by atoms with Crippen molar-refractivity contribution in [2.75, 3.05) is 19.7 Å². The molecule has 0 aliphatic rings. The minimum Gasteiger partial charge on any atom is -0.395 e. The number of aliphatic hydroxyl groups excluding tert-OH is 1. The zero-order chi connectivity index (χ0) is 14.6.